The largest absolute Gasteiger partial charge is 0.478 e. The Morgan fingerprint density at radius 3 is 2.38 bits per heavy atom. The average Bonchev–Trinajstić information content (AvgIpc) is 2.42. The molecule has 6 heteroatoms. The van der Waals surface area contributed by atoms with Crippen molar-refractivity contribution in [3.05, 3.63) is 59.2 Å². The van der Waals surface area contributed by atoms with Crippen LogP contribution in [0.15, 0.2) is 36.4 Å². The van der Waals surface area contributed by atoms with Gasteiger partial charge in [-0.2, -0.15) is 0 Å². The summed E-state index contributed by atoms with van der Waals surface area (Å²) in [7, 11) is 0. The quantitative estimate of drug-likeness (QED) is 0.844. The van der Waals surface area contributed by atoms with Crippen LogP contribution in [0, 0.1) is 11.6 Å². The molecule has 0 amide bonds. The van der Waals surface area contributed by atoms with Crippen molar-refractivity contribution in [3.63, 3.8) is 0 Å². The minimum atomic E-state index is -1.35. The molecule has 0 radical (unpaired) electrons. The Labute approximate surface area is 119 Å². The van der Waals surface area contributed by atoms with E-state index in [4.69, 9.17) is 5.11 Å². The first kappa shape index (κ1) is 14.6. The van der Waals surface area contributed by atoms with Gasteiger partial charge in [-0.05, 0) is 43.3 Å². The minimum absolute atomic E-state index is 0.0310. The van der Waals surface area contributed by atoms with E-state index in [0.29, 0.717) is 0 Å². The maximum atomic E-state index is 13.7. The van der Waals surface area contributed by atoms with Crippen LogP contribution in [0.5, 0.6) is 0 Å². The second kappa shape index (κ2) is 5.70. The fraction of sp³-hybridized carbons (Fsp3) is 0.0667. The standard InChI is InChI=1S/C15H11F2NO3/c1-8(19)9-2-4-12(17)14(6-9)18-13-5-3-10(16)7-11(13)15(20)21/h2-7,18H,1H3,(H,20,21). The van der Waals surface area contributed by atoms with E-state index in [9.17, 15) is 18.4 Å². The molecule has 0 saturated carbocycles. The summed E-state index contributed by atoms with van der Waals surface area (Å²) >= 11 is 0. The number of rotatable bonds is 4. The van der Waals surface area contributed by atoms with Crippen molar-refractivity contribution in [1.82, 2.24) is 0 Å². The number of carboxylic acid groups (broad SMARTS) is 1. The van der Waals surface area contributed by atoms with Gasteiger partial charge < -0.3 is 10.4 Å². The summed E-state index contributed by atoms with van der Waals surface area (Å²) in [6.07, 6.45) is 0. The zero-order chi connectivity index (χ0) is 15.6. The van der Waals surface area contributed by atoms with Crippen molar-refractivity contribution in [2.45, 2.75) is 6.92 Å². The van der Waals surface area contributed by atoms with Crippen LogP contribution in [0.1, 0.15) is 27.6 Å². The van der Waals surface area contributed by atoms with Crippen molar-refractivity contribution < 1.29 is 23.5 Å². The molecule has 0 atom stereocenters. The molecule has 0 aliphatic heterocycles. The van der Waals surface area contributed by atoms with E-state index in [2.05, 4.69) is 5.32 Å². The van der Waals surface area contributed by atoms with Crippen molar-refractivity contribution in [2.75, 3.05) is 5.32 Å². The molecule has 4 nitrogen and oxygen atoms in total. The van der Waals surface area contributed by atoms with Gasteiger partial charge in [0.2, 0.25) is 0 Å². The van der Waals surface area contributed by atoms with Crippen LogP contribution >= 0.6 is 0 Å². The molecular weight excluding hydrogens is 280 g/mol. The van der Waals surface area contributed by atoms with Gasteiger partial charge >= 0.3 is 5.97 Å². The van der Waals surface area contributed by atoms with Crippen LogP contribution in [0.3, 0.4) is 0 Å². The third-order valence-corrected chi connectivity index (χ3v) is 2.85. The Kier molecular flexibility index (Phi) is 3.98. The molecule has 0 heterocycles. The van der Waals surface area contributed by atoms with E-state index >= 15 is 0 Å². The second-order valence-electron chi connectivity index (χ2n) is 4.37. The summed E-state index contributed by atoms with van der Waals surface area (Å²) in [5.41, 5.74) is -0.0826. The number of nitrogens with one attached hydrogen (secondary N) is 1. The average molecular weight is 291 g/mol. The van der Waals surface area contributed by atoms with Crippen LogP contribution in [0.25, 0.3) is 0 Å². The van der Waals surface area contributed by atoms with Crippen LogP contribution in [0.4, 0.5) is 20.2 Å². The first-order chi connectivity index (χ1) is 9.88. The second-order valence-corrected chi connectivity index (χ2v) is 4.37. The molecule has 2 N–H and O–H groups in total. The molecule has 0 fully saturated rings. The number of aromatic carboxylic acids is 1. The lowest BCUT2D eigenvalue weighted by Gasteiger charge is -2.11. The van der Waals surface area contributed by atoms with Gasteiger partial charge in [0.05, 0.1) is 16.9 Å². The molecule has 0 unspecified atom stereocenters. The van der Waals surface area contributed by atoms with Crippen molar-refractivity contribution in [3.8, 4) is 0 Å². The number of carbonyl (C=O) groups is 2. The van der Waals surface area contributed by atoms with Crippen LogP contribution in [-0.4, -0.2) is 16.9 Å². The number of benzene rings is 2. The van der Waals surface area contributed by atoms with Gasteiger partial charge in [-0.1, -0.05) is 0 Å². The van der Waals surface area contributed by atoms with Gasteiger partial charge in [0.25, 0.3) is 0 Å². The number of hydrogen-bond acceptors (Lipinski definition) is 3. The number of ketones is 1. The molecule has 21 heavy (non-hydrogen) atoms. The van der Waals surface area contributed by atoms with Crippen molar-refractivity contribution in [2.24, 2.45) is 0 Å². The van der Waals surface area contributed by atoms with Crippen molar-refractivity contribution >= 4 is 23.1 Å². The van der Waals surface area contributed by atoms with E-state index in [1.165, 1.54) is 25.1 Å². The Morgan fingerprint density at radius 1 is 1.05 bits per heavy atom. The normalized spacial score (nSPS) is 10.2. The van der Waals surface area contributed by atoms with E-state index in [1.54, 1.807) is 0 Å². The zero-order valence-electron chi connectivity index (χ0n) is 11.0. The first-order valence-electron chi connectivity index (χ1n) is 5.99. The van der Waals surface area contributed by atoms with Gasteiger partial charge in [-0.25, -0.2) is 13.6 Å². The maximum absolute atomic E-state index is 13.7. The molecule has 0 aliphatic rings. The monoisotopic (exact) mass is 291 g/mol. The predicted octanol–water partition coefficient (Wildman–Crippen LogP) is 3.61. The van der Waals surface area contributed by atoms with Crippen LogP contribution < -0.4 is 5.32 Å². The summed E-state index contributed by atoms with van der Waals surface area (Å²) in [5, 5.41) is 11.6. The smallest absolute Gasteiger partial charge is 0.337 e. The highest BCUT2D eigenvalue weighted by Crippen LogP contribution is 2.25. The topological polar surface area (TPSA) is 66.4 Å². The molecule has 2 aromatic carbocycles. The third kappa shape index (κ3) is 3.22. The molecule has 0 aliphatic carbocycles. The number of Topliss-reactive ketones (excluding diaryl/α,β-unsaturated/α-hetero) is 1. The van der Waals surface area contributed by atoms with E-state index in [0.717, 1.165) is 18.2 Å². The van der Waals surface area contributed by atoms with Crippen LogP contribution in [0.2, 0.25) is 0 Å². The summed E-state index contributed by atoms with van der Waals surface area (Å²) in [6.45, 7) is 1.33. The fourth-order valence-electron chi connectivity index (χ4n) is 1.79. The van der Waals surface area contributed by atoms with Gasteiger partial charge in [0, 0.05) is 5.56 Å². The van der Waals surface area contributed by atoms with Crippen molar-refractivity contribution in [1.29, 1.82) is 0 Å². The molecule has 108 valence electrons. The lowest BCUT2D eigenvalue weighted by atomic mass is 10.1. The number of anilines is 2. The highest BCUT2D eigenvalue weighted by atomic mass is 19.1. The fourth-order valence-corrected chi connectivity index (χ4v) is 1.79. The molecule has 2 rings (SSSR count). The Balaban J connectivity index is 2.45. The van der Waals surface area contributed by atoms with E-state index in [1.807, 2.05) is 0 Å². The Morgan fingerprint density at radius 2 is 1.76 bits per heavy atom. The first-order valence-corrected chi connectivity index (χ1v) is 5.99. The summed E-state index contributed by atoms with van der Waals surface area (Å²) in [5.74, 6) is -2.97. The van der Waals surface area contributed by atoms with Gasteiger partial charge in [0.1, 0.15) is 11.6 Å². The van der Waals surface area contributed by atoms with E-state index < -0.39 is 17.6 Å². The minimum Gasteiger partial charge on any atom is -0.478 e. The summed E-state index contributed by atoms with van der Waals surface area (Å²) < 4.78 is 26.8. The lowest BCUT2D eigenvalue weighted by molar-refractivity contribution is 0.0697. The summed E-state index contributed by atoms with van der Waals surface area (Å²) in [6, 6.07) is 6.78. The third-order valence-electron chi connectivity index (χ3n) is 2.85. The number of hydrogen-bond donors (Lipinski definition) is 2. The highest BCUT2D eigenvalue weighted by Gasteiger charge is 2.14. The predicted molar refractivity (Wildman–Crippen MR) is 73.0 cm³/mol. The van der Waals surface area contributed by atoms with Gasteiger partial charge in [0.15, 0.2) is 5.78 Å². The molecule has 0 spiro atoms. The molecule has 0 bridgehead atoms. The van der Waals surface area contributed by atoms with E-state index in [-0.39, 0.29) is 28.3 Å². The number of halogens is 2. The molecular formula is C15H11F2NO3. The van der Waals surface area contributed by atoms with Gasteiger partial charge in [-0.3, -0.25) is 4.79 Å². The number of carboxylic acids is 1. The maximum Gasteiger partial charge on any atom is 0.337 e. The molecule has 2 aromatic rings. The summed E-state index contributed by atoms with van der Waals surface area (Å²) in [4.78, 5) is 22.4. The Hall–Kier alpha value is -2.76. The lowest BCUT2D eigenvalue weighted by Crippen LogP contribution is -2.05. The molecule has 0 saturated heterocycles. The highest BCUT2D eigenvalue weighted by molar-refractivity contribution is 5.97. The van der Waals surface area contributed by atoms with Crippen LogP contribution in [-0.2, 0) is 0 Å². The Bertz CT molecular complexity index is 729. The zero-order valence-corrected chi connectivity index (χ0v) is 11.0. The molecule has 0 aromatic heterocycles. The SMILES string of the molecule is CC(=O)c1ccc(F)c(Nc2ccc(F)cc2C(=O)O)c1. The number of carbonyl (C=O) groups excluding carboxylic acids is 1. The van der Waals surface area contributed by atoms with Gasteiger partial charge in [-0.15, -0.1) is 0 Å².